The van der Waals surface area contributed by atoms with Gasteiger partial charge in [-0.25, -0.2) is 14.4 Å². The highest BCUT2D eigenvalue weighted by Crippen LogP contribution is 2.25. The second-order valence-electron chi connectivity index (χ2n) is 6.87. The summed E-state index contributed by atoms with van der Waals surface area (Å²) in [6, 6.07) is 7.43. The van der Waals surface area contributed by atoms with Gasteiger partial charge in [0.1, 0.15) is 5.84 Å². The molecule has 1 aliphatic heterocycles. The van der Waals surface area contributed by atoms with Crippen LogP contribution in [0.2, 0.25) is 0 Å². The maximum absolute atomic E-state index is 14.3. The molecule has 3 aromatic rings. The molecule has 4 rings (SSSR count). The minimum absolute atomic E-state index is 0.284. The molecule has 0 spiro atoms. The Kier molecular flexibility index (Phi) is 4.87. The first-order valence-electron chi connectivity index (χ1n) is 9.32. The van der Waals surface area contributed by atoms with Gasteiger partial charge in [0.25, 0.3) is 0 Å². The highest BCUT2D eigenvalue weighted by atomic mass is 19.1. The fourth-order valence-electron chi connectivity index (χ4n) is 3.51. The number of benzene rings is 1. The van der Waals surface area contributed by atoms with Crippen molar-refractivity contribution in [2.24, 2.45) is 10.7 Å². The zero-order chi connectivity index (χ0) is 19.7. The number of nitrogens with two attached hydrogens (primary N) is 1. The van der Waals surface area contributed by atoms with Crippen molar-refractivity contribution in [2.75, 3.05) is 43.4 Å². The lowest BCUT2D eigenvalue weighted by Crippen LogP contribution is -2.43. The van der Waals surface area contributed by atoms with Crippen LogP contribution in [0, 0.1) is 12.7 Å². The molecule has 1 saturated heterocycles. The van der Waals surface area contributed by atoms with Crippen LogP contribution in [0.1, 0.15) is 11.3 Å². The SMILES string of the molecule is CNc1cc(N2CCNCC2)ccc1C(N)=Nc1cc(F)c2nc(C)cn2c1. The maximum atomic E-state index is 14.3. The molecule has 0 atom stereocenters. The van der Waals surface area contributed by atoms with Crippen LogP contribution in [0.15, 0.2) is 41.7 Å². The number of piperazine rings is 1. The van der Waals surface area contributed by atoms with Crippen LogP contribution >= 0.6 is 0 Å². The van der Waals surface area contributed by atoms with Gasteiger partial charge in [-0.2, -0.15) is 0 Å². The van der Waals surface area contributed by atoms with Gasteiger partial charge < -0.3 is 25.7 Å². The lowest BCUT2D eigenvalue weighted by atomic mass is 10.1. The molecule has 3 heterocycles. The molecule has 1 aromatic carbocycles. The molecule has 8 heteroatoms. The number of nitrogens with zero attached hydrogens (tertiary/aromatic N) is 4. The second kappa shape index (κ2) is 7.47. The first kappa shape index (κ1) is 18.2. The summed E-state index contributed by atoms with van der Waals surface area (Å²) in [5.74, 6) is -0.100. The molecule has 28 heavy (non-hydrogen) atoms. The lowest BCUT2D eigenvalue weighted by Gasteiger charge is -2.30. The molecule has 0 bridgehead atoms. The molecule has 2 aromatic heterocycles. The van der Waals surface area contributed by atoms with Gasteiger partial charge in [0, 0.05) is 68.6 Å². The third-order valence-electron chi connectivity index (χ3n) is 4.89. The molecule has 0 radical (unpaired) electrons. The summed E-state index contributed by atoms with van der Waals surface area (Å²) in [6.07, 6.45) is 3.48. The highest BCUT2D eigenvalue weighted by molar-refractivity contribution is 6.04. The molecule has 0 saturated carbocycles. The van der Waals surface area contributed by atoms with Crippen molar-refractivity contribution in [2.45, 2.75) is 6.92 Å². The topological polar surface area (TPSA) is 83.0 Å². The zero-order valence-electron chi connectivity index (χ0n) is 16.0. The Balaban J connectivity index is 1.67. The number of rotatable bonds is 4. The van der Waals surface area contributed by atoms with Gasteiger partial charge in [0.2, 0.25) is 0 Å². The number of amidine groups is 1. The second-order valence-corrected chi connectivity index (χ2v) is 6.87. The monoisotopic (exact) mass is 381 g/mol. The molecule has 1 fully saturated rings. The summed E-state index contributed by atoms with van der Waals surface area (Å²) in [5, 5.41) is 6.55. The number of hydrogen-bond donors (Lipinski definition) is 3. The van der Waals surface area contributed by atoms with Crippen molar-refractivity contribution in [3.8, 4) is 0 Å². The van der Waals surface area contributed by atoms with Crippen LogP contribution in [-0.4, -0.2) is 48.4 Å². The summed E-state index contributed by atoms with van der Waals surface area (Å²) in [6.45, 7) is 5.71. The van der Waals surface area contributed by atoms with Crippen molar-refractivity contribution in [1.82, 2.24) is 14.7 Å². The van der Waals surface area contributed by atoms with Crippen LogP contribution in [0.3, 0.4) is 0 Å². The van der Waals surface area contributed by atoms with Crippen LogP contribution in [0.25, 0.3) is 5.65 Å². The number of hydrogen-bond acceptors (Lipinski definition) is 5. The Hall–Kier alpha value is -3.13. The number of pyridine rings is 1. The van der Waals surface area contributed by atoms with E-state index in [-0.39, 0.29) is 5.65 Å². The van der Waals surface area contributed by atoms with Gasteiger partial charge in [-0.3, -0.25) is 0 Å². The van der Waals surface area contributed by atoms with Gasteiger partial charge in [-0.15, -0.1) is 0 Å². The third-order valence-corrected chi connectivity index (χ3v) is 4.89. The Morgan fingerprint density at radius 2 is 2.04 bits per heavy atom. The number of imidazole rings is 1. The first-order valence-corrected chi connectivity index (χ1v) is 9.32. The molecule has 0 unspecified atom stereocenters. The summed E-state index contributed by atoms with van der Waals surface area (Å²) < 4.78 is 15.9. The quantitative estimate of drug-likeness (QED) is 0.477. The van der Waals surface area contributed by atoms with Gasteiger partial charge in [0.05, 0.1) is 11.4 Å². The average Bonchev–Trinajstić information content (AvgIpc) is 3.09. The van der Waals surface area contributed by atoms with E-state index in [2.05, 4.69) is 31.6 Å². The Morgan fingerprint density at radius 1 is 1.25 bits per heavy atom. The summed E-state index contributed by atoms with van der Waals surface area (Å²) in [7, 11) is 1.85. The van der Waals surface area contributed by atoms with E-state index in [0.29, 0.717) is 11.5 Å². The fraction of sp³-hybridized carbons (Fsp3) is 0.300. The Bertz CT molecular complexity index is 1030. The predicted octanol–water partition coefficient (Wildman–Crippen LogP) is 2.27. The van der Waals surface area contributed by atoms with Crippen molar-refractivity contribution < 1.29 is 4.39 Å². The number of aliphatic imine (C=N–C) groups is 1. The molecular formula is C20H24FN7. The van der Waals surface area contributed by atoms with Crippen LogP contribution in [-0.2, 0) is 0 Å². The molecule has 0 amide bonds. The van der Waals surface area contributed by atoms with E-state index in [4.69, 9.17) is 5.73 Å². The highest BCUT2D eigenvalue weighted by Gasteiger charge is 2.14. The fourth-order valence-corrected chi connectivity index (χ4v) is 3.51. The largest absolute Gasteiger partial charge is 0.387 e. The standard InChI is InChI=1S/C20H24FN7/c1-13-11-28-12-14(9-17(21)20(28)25-13)26-19(22)16-4-3-15(10-18(16)23-2)27-7-5-24-6-8-27/h3-4,9-12,23-24H,5-8H2,1-2H3,(H2,22,26). The zero-order valence-corrected chi connectivity index (χ0v) is 16.0. The van der Waals surface area contributed by atoms with Crippen LogP contribution in [0.5, 0.6) is 0 Å². The third kappa shape index (κ3) is 3.50. The number of anilines is 2. The smallest absolute Gasteiger partial charge is 0.173 e. The number of aromatic nitrogens is 2. The first-order chi connectivity index (χ1) is 13.5. The van der Waals surface area contributed by atoms with E-state index >= 15 is 0 Å². The molecular weight excluding hydrogens is 357 g/mol. The van der Waals surface area contributed by atoms with Crippen LogP contribution < -0.4 is 21.3 Å². The predicted molar refractivity (Wildman–Crippen MR) is 111 cm³/mol. The number of aryl methyl sites for hydroxylation is 1. The molecule has 4 N–H and O–H groups in total. The van der Waals surface area contributed by atoms with E-state index in [9.17, 15) is 4.39 Å². The van der Waals surface area contributed by atoms with Gasteiger partial charge in [-0.1, -0.05) is 0 Å². The molecule has 146 valence electrons. The van der Waals surface area contributed by atoms with Crippen molar-refractivity contribution in [3.05, 3.63) is 53.7 Å². The molecule has 1 aliphatic rings. The van der Waals surface area contributed by atoms with Crippen molar-refractivity contribution in [3.63, 3.8) is 0 Å². The molecule has 7 nitrogen and oxygen atoms in total. The minimum atomic E-state index is -0.426. The van der Waals surface area contributed by atoms with E-state index in [1.54, 1.807) is 16.8 Å². The number of nitrogens with one attached hydrogen (secondary N) is 2. The van der Waals surface area contributed by atoms with E-state index < -0.39 is 5.82 Å². The van der Waals surface area contributed by atoms with Crippen LogP contribution in [0.4, 0.5) is 21.5 Å². The average molecular weight is 381 g/mol. The molecule has 0 aliphatic carbocycles. The van der Waals surface area contributed by atoms with Crippen molar-refractivity contribution in [1.29, 1.82) is 0 Å². The number of halogens is 1. The lowest BCUT2D eigenvalue weighted by molar-refractivity contribution is 0.589. The van der Waals surface area contributed by atoms with Crippen molar-refractivity contribution >= 4 is 28.5 Å². The summed E-state index contributed by atoms with van der Waals surface area (Å²) in [4.78, 5) is 10.9. The summed E-state index contributed by atoms with van der Waals surface area (Å²) in [5.41, 5.74) is 10.5. The summed E-state index contributed by atoms with van der Waals surface area (Å²) >= 11 is 0. The van der Waals surface area contributed by atoms with Gasteiger partial charge >= 0.3 is 0 Å². The Labute approximate surface area is 163 Å². The van der Waals surface area contributed by atoms with Gasteiger partial charge in [-0.05, 0) is 25.1 Å². The van der Waals surface area contributed by atoms with E-state index in [0.717, 1.165) is 48.8 Å². The minimum Gasteiger partial charge on any atom is -0.387 e. The normalized spacial score (nSPS) is 15.2. The number of fused-ring (bicyclic) bond motifs is 1. The van der Waals surface area contributed by atoms with E-state index in [1.165, 1.54) is 6.07 Å². The van der Waals surface area contributed by atoms with E-state index in [1.807, 2.05) is 26.1 Å². The van der Waals surface area contributed by atoms with Gasteiger partial charge in [0.15, 0.2) is 11.5 Å². The Morgan fingerprint density at radius 3 is 2.79 bits per heavy atom. The maximum Gasteiger partial charge on any atom is 0.173 e.